The number of nitrogens with one attached hydrogen (secondary N) is 1. The number of allylic oxidation sites excluding steroid dienone is 1. The highest BCUT2D eigenvalue weighted by Crippen LogP contribution is 2.28. The summed E-state index contributed by atoms with van der Waals surface area (Å²) < 4.78 is 0. The molecule has 0 spiro atoms. The molecule has 8 nitrogen and oxygen atoms in total. The van der Waals surface area contributed by atoms with Crippen molar-refractivity contribution in [2.45, 2.75) is 0 Å². The Balaban J connectivity index is 3.12. The van der Waals surface area contributed by atoms with Gasteiger partial charge in [-0.2, -0.15) is 5.10 Å². The van der Waals surface area contributed by atoms with E-state index in [1.165, 1.54) is 18.4 Å². The van der Waals surface area contributed by atoms with Gasteiger partial charge in [0.1, 0.15) is 5.69 Å². The van der Waals surface area contributed by atoms with Gasteiger partial charge in [0.2, 0.25) is 0 Å². The van der Waals surface area contributed by atoms with Crippen molar-refractivity contribution in [1.82, 2.24) is 0 Å². The Morgan fingerprint density at radius 2 is 2.00 bits per heavy atom. The van der Waals surface area contributed by atoms with E-state index in [1.54, 1.807) is 0 Å². The minimum absolute atomic E-state index is 0.0682. The average molecular weight is 236 g/mol. The van der Waals surface area contributed by atoms with E-state index < -0.39 is 15.5 Å². The second-order valence-electron chi connectivity index (χ2n) is 2.84. The highest BCUT2D eigenvalue weighted by molar-refractivity contribution is 5.72. The van der Waals surface area contributed by atoms with Crippen molar-refractivity contribution < 1.29 is 9.85 Å². The Labute approximate surface area is 95.6 Å². The summed E-state index contributed by atoms with van der Waals surface area (Å²) in [5.41, 5.74) is 1.70. The molecule has 1 aromatic carbocycles. The summed E-state index contributed by atoms with van der Waals surface area (Å²) in [7, 11) is 0. The van der Waals surface area contributed by atoms with Gasteiger partial charge in [-0.1, -0.05) is 6.58 Å². The number of rotatable bonds is 5. The lowest BCUT2D eigenvalue weighted by atomic mass is 10.2. The molecule has 0 saturated heterocycles. The lowest BCUT2D eigenvalue weighted by molar-refractivity contribution is -0.393. The monoisotopic (exact) mass is 236 g/mol. The van der Waals surface area contributed by atoms with E-state index in [2.05, 4.69) is 17.1 Å². The average Bonchev–Trinajstić information content (AvgIpc) is 2.29. The summed E-state index contributed by atoms with van der Waals surface area (Å²) in [6.07, 6.45) is 2.68. The maximum absolute atomic E-state index is 10.7. The standard InChI is InChI=1S/C9H8N4O4/c1-2-5-10-11-8-4-3-7(12(14)15)6-9(8)13(16)17/h2-6,11H,1H2. The molecule has 0 unspecified atom stereocenters. The highest BCUT2D eigenvalue weighted by Gasteiger charge is 2.18. The van der Waals surface area contributed by atoms with Gasteiger partial charge in [-0.15, -0.1) is 0 Å². The molecule has 0 aliphatic rings. The Morgan fingerprint density at radius 3 is 2.53 bits per heavy atom. The van der Waals surface area contributed by atoms with Crippen LogP contribution in [0.25, 0.3) is 0 Å². The predicted molar refractivity (Wildman–Crippen MR) is 62.1 cm³/mol. The predicted octanol–water partition coefficient (Wildman–Crippen LogP) is 2.09. The van der Waals surface area contributed by atoms with Crippen LogP contribution in [-0.4, -0.2) is 16.1 Å². The zero-order chi connectivity index (χ0) is 12.8. The summed E-state index contributed by atoms with van der Waals surface area (Å²) in [5.74, 6) is 0. The second kappa shape index (κ2) is 5.35. The molecule has 1 N–H and O–H groups in total. The largest absolute Gasteiger partial charge is 0.301 e. The van der Waals surface area contributed by atoms with Gasteiger partial charge in [-0.3, -0.25) is 25.7 Å². The molecular weight excluding hydrogens is 228 g/mol. The Bertz CT molecular complexity index is 498. The molecular formula is C9H8N4O4. The lowest BCUT2D eigenvalue weighted by Gasteiger charge is -2.01. The van der Waals surface area contributed by atoms with Crippen LogP contribution in [0.1, 0.15) is 0 Å². The van der Waals surface area contributed by atoms with Gasteiger partial charge in [-0.05, 0) is 12.1 Å². The van der Waals surface area contributed by atoms with Crippen LogP contribution in [-0.2, 0) is 0 Å². The van der Waals surface area contributed by atoms with Crippen LogP contribution in [0.2, 0.25) is 0 Å². The molecule has 0 aromatic heterocycles. The molecule has 0 amide bonds. The third-order valence-corrected chi connectivity index (χ3v) is 1.75. The topological polar surface area (TPSA) is 111 Å². The molecule has 0 fully saturated rings. The van der Waals surface area contributed by atoms with Crippen molar-refractivity contribution >= 4 is 23.3 Å². The molecule has 0 radical (unpaired) electrons. The van der Waals surface area contributed by atoms with Crippen LogP contribution in [0, 0.1) is 20.2 Å². The smallest absolute Gasteiger partial charge is 0.272 e. The van der Waals surface area contributed by atoms with Gasteiger partial charge in [0.05, 0.1) is 15.9 Å². The maximum atomic E-state index is 10.7. The van der Waals surface area contributed by atoms with Crippen molar-refractivity contribution in [2.75, 3.05) is 5.43 Å². The van der Waals surface area contributed by atoms with Crippen molar-refractivity contribution in [2.24, 2.45) is 5.10 Å². The molecule has 17 heavy (non-hydrogen) atoms. The maximum Gasteiger partial charge on any atom is 0.301 e. The second-order valence-corrected chi connectivity index (χ2v) is 2.84. The first-order valence-electron chi connectivity index (χ1n) is 4.39. The summed E-state index contributed by atoms with van der Waals surface area (Å²) >= 11 is 0. The van der Waals surface area contributed by atoms with E-state index in [4.69, 9.17) is 0 Å². The first kappa shape index (κ1) is 12.3. The minimum atomic E-state index is -0.723. The van der Waals surface area contributed by atoms with Gasteiger partial charge >= 0.3 is 5.69 Å². The van der Waals surface area contributed by atoms with Gasteiger partial charge in [-0.25, -0.2) is 0 Å². The van der Waals surface area contributed by atoms with E-state index in [-0.39, 0.29) is 11.4 Å². The number of hydrazone groups is 1. The SMILES string of the molecule is C=CC=NNc1ccc([N+](=O)[O-])cc1[N+](=O)[O-]. The zero-order valence-corrected chi connectivity index (χ0v) is 8.57. The normalized spacial score (nSPS) is 10.1. The summed E-state index contributed by atoms with van der Waals surface area (Å²) in [6.45, 7) is 3.37. The van der Waals surface area contributed by atoms with Crippen LogP contribution < -0.4 is 5.43 Å². The molecule has 1 rings (SSSR count). The Morgan fingerprint density at radius 1 is 1.29 bits per heavy atom. The van der Waals surface area contributed by atoms with E-state index in [1.807, 2.05) is 0 Å². The number of anilines is 1. The molecule has 0 aliphatic heterocycles. The quantitative estimate of drug-likeness (QED) is 0.478. The van der Waals surface area contributed by atoms with E-state index >= 15 is 0 Å². The molecule has 1 aromatic rings. The van der Waals surface area contributed by atoms with Crippen molar-refractivity contribution in [3.05, 3.63) is 51.1 Å². The first-order valence-corrected chi connectivity index (χ1v) is 4.39. The minimum Gasteiger partial charge on any atom is -0.272 e. The molecule has 0 bridgehead atoms. The number of hydrogen-bond acceptors (Lipinski definition) is 6. The third-order valence-electron chi connectivity index (χ3n) is 1.75. The fraction of sp³-hybridized carbons (Fsp3) is 0. The van der Waals surface area contributed by atoms with Crippen LogP contribution >= 0.6 is 0 Å². The van der Waals surface area contributed by atoms with Gasteiger partial charge < -0.3 is 0 Å². The van der Waals surface area contributed by atoms with E-state index in [9.17, 15) is 20.2 Å². The fourth-order valence-electron chi connectivity index (χ4n) is 1.04. The number of nitro groups is 2. The van der Waals surface area contributed by atoms with Gasteiger partial charge in [0.25, 0.3) is 5.69 Å². The van der Waals surface area contributed by atoms with Crippen molar-refractivity contribution in [1.29, 1.82) is 0 Å². The molecule has 8 heteroatoms. The van der Waals surface area contributed by atoms with E-state index in [0.717, 1.165) is 12.1 Å². The Kier molecular flexibility index (Phi) is 3.87. The third kappa shape index (κ3) is 3.09. The number of nitrogens with zero attached hydrogens (tertiary/aromatic N) is 3. The van der Waals surface area contributed by atoms with Crippen LogP contribution in [0.3, 0.4) is 0 Å². The van der Waals surface area contributed by atoms with Crippen LogP contribution in [0.4, 0.5) is 17.1 Å². The lowest BCUT2D eigenvalue weighted by Crippen LogP contribution is -1.98. The zero-order valence-electron chi connectivity index (χ0n) is 8.57. The molecule has 88 valence electrons. The molecule has 0 atom stereocenters. The van der Waals surface area contributed by atoms with Gasteiger partial charge in [0.15, 0.2) is 0 Å². The summed E-state index contributed by atoms with van der Waals surface area (Å²) in [6, 6.07) is 3.24. The summed E-state index contributed by atoms with van der Waals surface area (Å²) in [4.78, 5) is 19.7. The Hall–Kier alpha value is -2.77. The van der Waals surface area contributed by atoms with Crippen LogP contribution in [0.15, 0.2) is 36.0 Å². The molecule has 0 aliphatic carbocycles. The highest BCUT2D eigenvalue weighted by atomic mass is 16.6. The number of benzene rings is 1. The van der Waals surface area contributed by atoms with Crippen molar-refractivity contribution in [3.63, 3.8) is 0 Å². The number of non-ortho nitro benzene ring substituents is 1. The summed E-state index contributed by atoms with van der Waals surface area (Å²) in [5, 5.41) is 24.8. The van der Waals surface area contributed by atoms with Crippen LogP contribution in [0.5, 0.6) is 0 Å². The van der Waals surface area contributed by atoms with Crippen molar-refractivity contribution in [3.8, 4) is 0 Å². The molecule has 0 saturated carbocycles. The number of nitro benzene ring substituents is 2. The first-order chi connectivity index (χ1) is 8.06. The molecule has 0 heterocycles. The number of hydrogen-bond donors (Lipinski definition) is 1. The van der Waals surface area contributed by atoms with Gasteiger partial charge in [0, 0.05) is 12.3 Å². The fourth-order valence-corrected chi connectivity index (χ4v) is 1.04. The van der Waals surface area contributed by atoms with E-state index in [0.29, 0.717) is 0 Å².